The molecule has 7 nitrogen and oxygen atoms in total. The molecule has 0 atom stereocenters. The summed E-state index contributed by atoms with van der Waals surface area (Å²) >= 11 is 12.9. The minimum absolute atomic E-state index is 0.0307. The van der Waals surface area contributed by atoms with Crippen LogP contribution in [0.4, 0.5) is 9.59 Å². The average molecular weight is 435 g/mol. The number of unbranched alkanes of at least 4 members (excludes halogenated alkanes) is 1. The van der Waals surface area contributed by atoms with Crippen molar-refractivity contribution in [3.05, 3.63) is 28.2 Å². The first-order valence-electron chi connectivity index (χ1n) is 8.42. The maximum atomic E-state index is 12.6. The van der Waals surface area contributed by atoms with Gasteiger partial charge < -0.3 is 9.64 Å². The Labute approximate surface area is 174 Å². The van der Waals surface area contributed by atoms with Gasteiger partial charge in [-0.2, -0.15) is 0 Å². The van der Waals surface area contributed by atoms with E-state index in [-0.39, 0.29) is 12.6 Å². The van der Waals surface area contributed by atoms with Gasteiger partial charge in [-0.25, -0.2) is 14.5 Å². The lowest BCUT2D eigenvalue weighted by molar-refractivity contribution is 0.200. The molecule has 0 aliphatic rings. The Hall–Kier alpha value is -1.64. The number of ether oxygens (including phenoxy) is 1. The van der Waals surface area contributed by atoms with E-state index in [0.29, 0.717) is 21.5 Å². The van der Waals surface area contributed by atoms with Crippen molar-refractivity contribution in [1.29, 1.82) is 0 Å². The van der Waals surface area contributed by atoms with Crippen LogP contribution >= 0.6 is 35.1 Å². The zero-order chi connectivity index (χ0) is 20.4. The second-order valence-corrected chi connectivity index (χ2v) is 7.30. The fourth-order valence-corrected chi connectivity index (χ4v) is 2.71. The van der Waals surface area contributed by atoms with E-state index in [4.69, 9.17) is 27.9 Å². The first-order chi connectivity index (χ1) is 12.8. The maximum Gasteiger partial charge on any atom is 0.347 e. The van der Waals surface area contributed by atoms with E-state index in [0.717, 1.165) is 24.8 Å². The predicted octanol–water partition coefficient (Wildman–Crippen LogP) is 4.89. The third-order valence-corrected chi connectivity index (χ3v) is 4.75. The number of amidine groups is 1. The van der Waals surface area contributed by atoms with Crippen molar-refractivity contribution in [3.63, 3.8) is 0 Å². The molecule has 0 spiro atoms. The summed E-state index contributed by atoms with van der Waals surface area (Å²) in [5, 5.41) is 0.827. The third kappa shape index (κ3) is 7.86. The molecular weight excluding hydrogens is 411 g/mol. The fraction of sp³-hybridized carbons (Fsp3) is 0.471. The van der Waals surface area contributed by atoms with Gasteiger partial charge in [0.15, 0.2) is 0 Å². The van der Waals surface area contributed by atoms with Crippen LogP contribution in [-0.4, -0.2) is 55.1 Å². The molecule has 0 fully saturated rings. The first-order valence-corrected chi connectivity index (χ1v) is 9.99. The van der Waals surface area contributed by atoms with Crippen LogP contribution in [0.5, 0.6) is 0 Å². The van der Waals surface area contributed by atoms with Gasteiger partial charge in [0.2, 0.25) is 0 Å². The lowest BCUT2D eigenvalue weighted by atomic mass is 10.4. The van der Waals surface area contributed by atoms with Crippen LogP contribution in [0.25, 0.3) is 0 Å². The summed E-state index contributed by atoms with van der Waals surface area (Å²) in [6.07, 6.45) is 1.70. The van der Waals surface area contributed by atoms with Crippen molar-refractivity contribution in [2.45, 2.75) is 31.6 Å². The second-order valence-electron chi connectivity index (χ2n) is 5.60. The minimum Gasteiger partial charge on any atom is -0.464 e. The molecule has 1 rings (SSSR count). The number of urea groups is 2. The smallest absolute Gasteiger partial charge is 0.347 e. The zero-order valence-electron chi connectivity index (χ0n) is 15.8. The number of amides is 4. The van der Waals surface area contributed by atoms with Gasteiger partial charge in [0.25, 0.3) is 0 Å². The van der Waals surface area contributed by atoms with Crippen molar-refractivity contribution in [2.24, 2.45) is 4.99 Å². The standard InChI is InChI=1S/C17H24Cl2N4O3S/c1-5-7-10-26-17(20-15(24)22(3)4)23(6-2)16(25)21-27-12-8-9-13(18)14(19)11-12/h8-9,11H,5-7,10H2,1-4H3,(H,21,25). The molecule has 0 heterocycles. The van der Waals surface area contributed by atoms with Crippen LogP contribution in [-0.2, 0) is 4.74 Å². The van der Waals surface area contributed by atoms with Crippen molar-refractivity contribution < 1.29 is 14.3 Å². The lowest BCUT2D eigenvalue weighted by Gasteiger charge is -2.22. The van der Waals surface area contributed by atoms with Crippen LogP contribution in [0, 0.1) is 0 Å². The van der Waals surface area contributed by atoms with Crippen LogP contribution in [0.2, 0.25) is 10.0 Å². The number of benzene rings is 1. The average Bonchev–Trinajstić information content (AvgIpc) is 2.63. The Balaban J connectivity index is 2.87. The van der Waals surface area contributed by atoms with Crippen molar-refractivity contribution in [1.82, 2.24) is 14.5 Å². The first kappa shape index (κ1) is 23.4. The molecule has 0 aromatic heterocycles. The van der Waals surface area contributed by atoms with Crippen LogP contribution in [0.15, 0.2) is 28.1 Å². The van der Waals surface area contributed by atoms with Gasteiger partial charge in [0, 0.05) is 25.5 Å². The SMILES string of the molecule is CCCCOC(=NC(=O)N(C)C)N(CC)C(=O)NSc1ccc(Cl)c(Cl)c1. The summed E-state index contributed by atoms with van der Waals surface area (Å²) in [7, 11) is 3.15. The van der Waals surface area contributed by atoms with Crippen LogP contribution < -0.4 is 4.72 Å². The Morgan fingerprint density at radius 1 is 1.22 bits per heavy atom. The molecular formula is C17H24Cl2N4O3S. The molecule has 0 radical (unpaired) electrons. The lowest BCUT2D eigenvalue weighted by Crippen LogP contribution is -2.43. The van der Waals surface area contributed by atoms with Gasteiger partial charge in [-0.1, -0.05) is 36.5 Å². The summed E-state index contributed by atoms with van der Waals surface area (Å²) in [6, 6.07) is 4.02. The van der Waals surface area contributed by atoms with E-state index in [1.165, 1.54) is 9.80 Å². The number of hydrogen-bond acceptors (Lipinski definition) is 4. The highest BCUT2D eigenvalue weighted by molar-refractivity contribution is 7.98. The number of nitrogens with zero attached hydrogens (tertiary/aromatic N) is 3. The monoisotopic (exact) mass is 434 g/mol. The molecule has 0 saturated carbocycles. The Morgan fingerprint density at radius 3 is 2.48 bits per heavy atom. The predicted molar refractivity (Wildman–Crippen MR) is 111 cm³/mol. The molecule has 27 heavy (non-hydrogen) atoms. The number of nitrogens with one attached hydrogen (secondary N) is 1. The second kappa shape index (κ2) is 11.9. The van der Waals surface area contributed by atoms with Crippen molar-refractivity contribution in [2.75, 3.05) is 27.2 Å². The molecule has 0 saturated heterocycles. The normalized spacial score (nSPS) is 11.1. The highest BCUT2D eigenvalue weighted by Gasteiger charge is 2.21. The van der Waals surface area contributed by atoms with Gasteiger partial charge in [-0.3, -0.25) is 4.72 Å². The van der Waals surface area contributed by atoms with Gasteiger partial charge in [0.05, 0.1) is 16.7 Å². The van der Waals surface area contributed by atoms with Crippen LogP contribution in [0.1, 0.15) is 26.7 Å². The number of aliphatic imine (C=N–C) groups is 1. The van der Waals surface area contributed by atoms with Crippen molar-refractivity contribution in [3.8, 4) is 0 Å². The number of carbonyl (C=O) groups is 2. The summed E-state index contributed by atoms with van der Waals surface area (Å²) < 4.78 is 8.27. The van der Waals surface area contributed by atoms with Crippen LogP contribution in [0.3, 0.4) is 0 Å². The largest absolute Gasteiger partial charge is 0.464 e. The number of halogens is 2. The van der Waals surface area contributed by atoms with E-state index in [9.17, 15) is 9.59 Å². The Kier molecular flexibility index (Phi) is 10.4. The quantitative estimate of drug-likeness (QED) is 0.299. The number of carbonyl (C=O) groups excluding carboxylic acids is 2. The molecule has 1 N–H and O–H groups in total. The van der Waals surface area contributed by atoms with E-state index in [2.05, 4.69) is 9.71 Å². The molecule has 1 aromatic carbocycles. The van der Waals surface area contributed by atoms with E-state index >= 15 is 0 Å². The van der Waals surface area contributed by atoms with Crippen molar-refractivity contribution >= 4 is 53.2 Å². The zero-order valence-corrected chi connectivity index (χ0v) is 18.1. The van der Waals surface area contributed by atoms with E-state index in [1.807, 2.05) is 6.92 Å². The van der Waals surface area contributed by atoms with Gasteiger partial charge in [-0.15, -0.1) is 4.99 Å². The van der Waals surface area contributed by atoms with Gasteiger partial charge in [0.1, 0.15) is 0 Å². The van der Waals surface area contributed by atoms with Gasteiger partial charge >= 0.3 is 18.1 Å². The van der Waals surface area contributed by atoms with Gasteiger partial charge in [-0.05, 0) is 43.5 Å². The molecule has 0 unspecified atom stereocenters. The summed E-state index contributed by atoms with van der Waals surface area (Å²) in [5.74, 6) is 0. The molecule has 0 aliphatic carbocycles. The molecule has 150 valence electrons. The minimum atomic E-state index is -0.509. The molecule has 1 aromatic rings. The topological polar surface area (TPSA) is 74.2 Å². The number of hydrogen-bond donors (Lipinski definition) is 1. The summed E-state index contributed by atoms with van der Waals surface area (Å²) in [6.45, 7) is 4.42. The van der Waals surface area contributed by atoms with E-state index < -0.39 is 12.1 Å². The molecule has 0 aliphatic heterocycles. The Morgan fingerprint density at radius 2 is 1.93 bits per heavy atom. The summed E-state index contributed by atoms with van der Waals surface area (Å²) in [4.78, 5) is 31.7. The molecule has 4 amide bonds. The Bertz CT molecular complexity index is 686. The highest BCUT2D eigenvalue weighted by atomic mass is 35.5. The highest BCUT2D eigenvalue weighted by Crippen LogP contribution is 2.26. The van der Waals surface area contributed by atoms with E-state index in [1.54, 1.807) is 39.2 Å². The third-order valence-electron chi connectivity index (χ3n) is 3.24. The molecule has 0 bridgehead atoms. The maximum absolute atomic E-state index is 12.6. The summed E-state index contributed by atoms with van der Waals surface area (Å²) in [5.41, 5.74) is 0. The number of rotatable bonds is 6. The molecule has 10 heteroatoms. The fourth-order valence-electron chi connectivity index (χ4n) is 1.72.